The van der Waals surface area contributed by atoms with Crippen molar-refractivity contribution in [2.75, 3.05) is 0 Å². The van der Waals surface area contributed by atoms with Gasteiger partial charge < -0.3 is 0 Å². The van der Waals surface area contributed by atoms with E-state index in [0.29, 0.717) is 0 Å². The Balaban J connectivity index is 1.95. The molecule has 0 aromatic carbocycles. The van der Waals surface area contributed by atoms with Crippen molar-refractivity contribution in [2.45, 2.75) is 12.2 Å². The van der Waals surface area contributed by atoms with E-state index in [2.05, 4.69) is 17.1 Å². The molecule has 1 nitrogen and oxygen atoms in total. The first-order chi connectivity index (χ1) is 7.68. The fourth-order valence-electron chi connectivity index (χ4n) is 1.40. The molecule has 1 heterocycles. The van der Waals surface area contributed by atoms with Crippen molar-refractivity contribution in [1.29, 1.82) is 0 Å². The molecule has 0 spiro atoms. The third kappa shape index (κ3) is 3.47. The zero-order valence-corrected chi connectivity index (χ0v) is 13.4. The molecular weight excluding hydrogens is 340 g/mol. The molecule has 1 aliphatic rings. The third-order valence-electron chi connectivity index (χ3n) is 2.27. The minimum atomic E-state index is -3.09. The van der Waals surface area contributed by atoms with Gasteiger partial charge in [0.15, 0.2) is 0 Å². The van der Waals surface area contributed by atoms with Crippen LogP contribution in [0.4, 0.5) is 0 Å². The number of hydrogen-bond donors (Lipinski definition) is 0. The summed E-state index contributed by atoms with van der Waals surface area (Å²) in [6.07, 6.45) is 8.94. The maximum absolute atomic E-state index is 6.49. The van der Waals surface area contributed by atoms with Crippen molar-refractivity contribution >= 4 is 25.5 Å². The monoisotopic (exact) mass is 349 g/mol. The molecule has 0 bridgehead atoms. The zero-order valence-electron chi connectivity index (χ0n) is 8.57. The number of pyridine rings is 1. The Labute approximate surface area is 110 Å². The van der Waals surface area contributed by atoms with Gasteiger partial charge in [0.2, 0.25) is 0 Å². The molecule has 16 heavy (non-hydrogen) atoms. The SMILES string of the molecule is [Cl][Zr]([Cl])([S]Cc1ccccn1)[C]1=CC=CC1. The predicted octanol–water partition coefficient (Wildman–Crippen LogP) is 4.54. The second kappa shape index (κ2) is 5.86. The molecule has 0 atom stereocenters. The molecule has 0 amide bonds. The van der Waals surface area contributed by atoms with Crippen molar-refractivity contribution < 1.29 is 16.4 Å². The van der Waals surface area contributed by atoms with Gasteiger partial charge in [0.25, 0.3) is 0 Å². The van der Waals surface area contributed by atoms with Crippen LogP contribution in [0.1, 0.15) is 12.1 Å². The van der Waals surface area contributed by atoms with Crippen LogP contribution in [0, 0.1) is 0 Å². The van der Waals surface area contributed by atoms with Gasteiger partial charge in [-0.3, -0.25) is 0 Å². The minimum absolute atomic E-state index is 0.807. The first-order valence-corrected chi connectivity index (χ1v) is 16.5. The van der Waals surface area contributed by atoms with E-state index >= 15 is 0 Å². The van der Waals surface area contributed by atoms with Gasteiger partial charge in [-0.2, -0.15) is 0 Å². The number of halogens is 2. The summed E-state index contributed by atoms with van der Waals surface area (Å²) >= 11 is -3.09. The Hall–Kier alpha value is 0.443. The number of aromatic nitrogens is 1. The molecule has 0 saturated carbocycles. The first-order valence-electron chi connectivity index (χ1n) is 4.96. The number of rotatable bonds is 4. The molecule has 0 saturated heterocycles. The average Bonchev–Trinajstić information content (AvgIpc) is 2.82. The Bertz CT molecular complexity index is 417. The molecule has 1 aromatic rings. The summed E-state index contributed by atoms with van der Waals surface area (Å²) in [6, 6.07) is 5.90. The Morgan fingerprint density at radius 2 is 2.25 bits per heavy atom. The van der Waals surface area contributed by atoms with Gasteiger partial charge in [-0.25, -0.2) is 0 Å². The van der Waals surface area contributed by atoms with Gasteiger partial charge in [0.05, 0.1) is 0 Å². The quantitative estimate of drug-likeness (QED) is 0.790. The molecule has 84 valence electrons. The van der Waals surface area contributed by atoms with E-state index in [0.717, 1.165) is 17.9 Å². The number of hydrogen-bond acceptors (Lipinski definition) is 2. The Morgan fingerprint density at radius 1 is 1.38 bits per heavy atom. The fraction of sp³-hybridized carbons (Fsp3) is 0.182. The van der Waals surface area contributed by atoms with Crippen LogP contribution < -0.4 is 0 Å². The second-order valence-corrected chi connectivity index (χ2v) is 24.4. The molecular formula is C11H11Cl2NSZr. The molecule has 5 heteroatoms. The van der Waals surface area contributed by atoms with E-state index in [9.17, 15) is 0 Å². The zero-order chi connectivity index (χ0) is 11.4. The van der Waals surface area contributed by atoms with Crippen LogP contribution in [0.15, 0.2) is 45.9 Å². The van der Waals surface area contributed by atoms with Crippen LogP contribution in [0.2, 0.25) is 0 Å². The summed E-state index contributed by atoms with van der Waals surface area (Å²) < 4.78 is 1.25. The standard InChI is InChI=1S/C6H7NS.C5H5.2ClH.Zr/c8-5-6-3-1-2-4-7-6;1-2-4-5-3-1;;;/h1-4,8H,5H2;1-3H,4H2;2*1H;/q;;;;+3/p-3. The van der Waals surface area contributed by atoms with Gasteiger partial charge in [-0.1, -0.05) is 0 Å². The van der Waals surface area contributed by atoms with Gasteiger partial charge in [0.1, 0.15) is 0 Å². The molecule has 0 aliphatic heterocycles. The van der Waals surface area contributed by atoms with Crippen LogP contribution in [-0.4, -0.2) is 4.98 Å². The van der Waals surface area contributed by atoms with Gasteiger partial charge in [-0.05, 0) is 0 Å². The number of nitrogens with zero attached hydrogens (tertiary/aromatic N) is 1. The normalized spacial score (nSPS) is 15.2. The van der Waals surface area contributed by atoms with Crippen LogP contribution in [0.25, 0.3) is 0 Å². The van der Waals surface area contributed by atoms with Crippen molar-refractivity contribution in [2.24, 2.45) is 0 Å². The summed E-state index contributed by atoms with van der Waals surface area (Å²) in [7, 11) is 14.7. The first kappa shape index (κ1) is 12.9. The van der Waals surface area contributed by atoms with E-state index in [1.54, 1.807) is 14.7 Å². The van der Waals surface area contributed by atoms with E-state index in [4.69, 9.17) is 17.0 Å². The summed E-state index contributed by atoms with van der Waals surface area (Å²) in [5.41, 5.74) is 1.04. The van der Waals surface area contributed by atoms with Gasteiger partial charge in [-0.15, -0.1) is 0 Å². The summed E-state index contributed by atoms with van der Waals surface area (Å²) in [5, 5.41) is 0. The molecule has 0 fully saturated rings. The molecule has 0 radical (unpaired) electrons. The van der Waals surface area contributed by atoms with Crippen molar-refractivity contribution in [3.8, 4) is 0 Å². The van der Waals surface area contributed by atoms with Crippen LogP contribution in [0.3, 0.4) is 0 Å². The van der Waals surface area contributed by atoms with Crippen molar-refractivity contribution in [3.05, 3.63) is 51.6 Å². The van der Waals surface area contributed by atoms with Crippen LogP contribution in [0.5, 0.6) is 0 Å². The van der Waals surface area contributed by atoms with E-state index in [-0.39, 0.29) is 0 Å². The fourth-order valence-corrected chi connectivity index (χ4v) is 12.0. The van der Waals surface area contributed by atoms with Crippen LogP contribution in [-0.2, 0) is 22.2 Å². The summed E-state index contributed by atoms with van der Waals surface area (Å²) in [6.45, 7) is 0. The molecule has 2 rings (SSSR count). The van der Waals surface area contributed by atoms with Crippen LogP contribution >= 0.6 is 25.5 Å². The van der Waals surface area contributed by atoms with E-state index in [1.165, 1.54) is 3.28 Å². The Kier molecular flexibility index (Phi) is 4.72. The maximum atomic E-state index is 6.49. The van der Waals surface area contributed by atoms with E-state index in [1.807, 2.05) is 24.3 Å². The van der Waals surface area contributed by atoms with Crippen molar-refractivity contribution in [3.63, 3.8) is 0 Å². The predicted molar refractivity (Wildman–Crippen MR) is 69.1 cm³/mol. The molecule has 0 unspecified atom stereocenters. The Morgan fingerprint density at radius 3 is 2.88 bits per heavy atom. The summed E-state index contributed by atoms with van der Waals surface area (Å²) in [4.78, 5) is 4.27. The molecule has 1 aliphatic carbocycles. The number of allylic oxidation sites excluding steroid dienone is 4. The topological polar surface area (TPSA) is 12.9 Å². The van der Waals surface area contributed by atoms with Gasteiger partial charge in [0, 0.05) is 0 Å². The molecule has 0 N–H and O–H groups in total. The third-order valence-corrected chi connectivity index (χ3v) is 17.9. The van der Waals surface area contributed by atoms with E-state index < -0.39 is 16.4 Å². The summed E-state index contributed by atoms with van der Waals surface area (Å²) in [5.74, 6) is 0.807. The average molecular weight is 351 g/mol. The second-order valence-electron chi connectivity index (χ2n) is 3.45. The molecule has 1 aromatic heterocycles. The van der Waals surface area contributed by atoms with Crippen molar-refractivity contribution in [1.82, 2.24) is 4.98 Å². The van der Waals surface area contributed by atoms with Gasteiger partial charge >= 0.3 is 111 Å².